The van der Waals surface area contributed by atoms with E-state index in [-0.39, 0.29) is 37.5 Å². The predicted molar refractivity (Wildman–Crippen MR) is 265 cm³/mol. The van der Waals surface area contributed by atoms with Crippen LogP contribution in [0.3, 0.4) is 0 Å². The quantitative estimate of drug-likeness (QED) is 0.0264. The molecule has 62 heavy (non-hydrogen) atoms. The molecule has 0 spiro atoms. The van der Waals surface area contributed by atoms with Crippen molar-refractivity contribution in [1.82, 2.24) is 0 Å². The van der Waals surface area contributed by atoms with Gasteiger partial charge in [0, 0.05) is 19.3 Å². The Bertz CT molecular complexity index is 1400. The summed E-state index contributed by atoms with van der Waals surface area (Å²) in [5, 5.41) is 0. The number of rotatable bonds is 41. The Balaban J connectivity index is 4.54. The smallest absolute Gasteiger partial charge is 0.306 e. The number of hydrogen-bond donors (Lipinski definition) is 0. The third-order valence-corrected chi connectivity index (χ3v) is 9.62. The maximum absolute atomic E-state index is 12.7. The van der Waals surface area contributed by atoms with Gasteiger partial charge in [0.1, 0.15) is 13.2 Å². The second-order valence-corrected chi connectivity index (χ2v) is 15.5. The van der Waals surface area contributed by atoms with Gasteiger partial charge in [-0.3, -0.25) is 14.4 Å². The molecule has 0 fully saturated rings. The molecule has 0 radical (unpaired) electrons. The number of carbonyl (C=O) groups is 3. The summed E-state index contributed by atoms with van der Waals surface area (Å²) in [6.07, 6.45) is 68.6. The first-order chi connectivity index (χ1) is 30.5. The topological polar surface area (TPSA) is 78.9 Å². The highest BCUT2D eigenvalue weighted by Gasteiger charge is 2.19. The van der Waals surface area contributed by atoms with Crippen molar-refractivity contribution in [2.45, 2.75) is 187 Å². The minimum absolute atomic E-state index is 0.118. The van der Waals surface area contributed by atoms with Gasteiger partial charge in [0.05, 0.1) is 0 Å². The highest BCUT2D eigenvalue weighted by Crippen LogP contribution is 2.12. The molecule has 346 valence electrons. The van der Waals surface area contributed by atoms with Crippen LogP contribution in [0.4, 0.5) is 0 Å². The lowest BCUT2D eigenvalue weighted by molar-refractivity contribution is -0.167. The van der Waals surface area contributed by atoms with Crippen LogP contribution in [0.25, 0.3) is 0 Å². The van der Waals surface area contributed by atoms with E-state index in [0.717, 1.165) is 116 Å². The molecule has 6 nitrogen and oxygen atoms in total. The molecule has 0 aromatic carbocycles. The van der Waals surface area contributed by atoms with Gasteiger partial charge >= 0.3 is 17.9 Å². The van der Waals surface area contributed by atoms with E-state index in [1.54, 1.807) is 0 Å². The molecule has 0 aromatic heterocycles. The van der Waals surface area contributed by atoms with Crippen molar-refractivity contribution in [2.24, 2.45) is 0 Å². The Kier molecular flexibility index (Phi) is 45.7. The Morgan fingerprint density at radius 2 is 0.629 bits per heavy atom. The number of carbonyl (C=O) groups excluding carboxylic acids is 3. The zero-order valence-electron chi connectivity index (χ0n) is 39.3. The molecule has 6 heteroatoms. The fraction of sp³-hybridized carbons (Fsp3) is 0.554. The third kappa shape index (κ3) is 46.6. The average molecular weight is 855 g/mol. The monoisotopic (exact) mass is 855 g/mol. The van der Waals surface area contributed by atoms with Gasteiger partial charge in [0.25, 0.3) is 0 Å². The lowest BCUT2D eigenvalue weighted by atomic mass is 10.1. The fourth-order valence-corrected chi connectivity index (χ4v) is 5.99. The van der Waals surface area contributed by atoms with Crippen LogP contribution >= 0.6 is 0 Å². The molecule has 0 aliphatic rings. The zero-order chi connectivity index (χ0) is 45.1. The van der Waals surface area contributed by atoms with Crippen molar-refractivity contribution in [3.8, 4) is 0 Å². The molecular formula is C56H86O6. The first kappa shape index (κ1) is 57.5. The lowest BCUT2D eigenvalue weighted by Crippen LogP contribution is -2.30. The van der Waals surface area contributed by atoms with Crippen LogP contribution in [0.15, 0.2) is 134 Å². The summed E-state index contributed by atoms with van der Waals surface area (Å²) in [5.41, 5.74) is 0. The normalized spacial score (nSPS) is 13.3. The molecule has 0 aromatic rings. The van der Waals surface area contributed by atoms with E-state index in [9.17, 15) is 14.4 Å². The molecule has 0 aliphatic heterocycles. The molecule has 1 atom stereocenters. The number of unbranched alkanes of at least 4 members (excludes halogenated alkanes) is 16. The van der Waals surface area contributed by atoms with Gasteiger partial charge in [-0.05, 0) is 83.5 Å². The Morgan fingerprint density at radius 3 is 1.00 bits per heavy atom. The Morgan fingerprint density at radius 1 is 0.339 bits per heavy atom. The standard InChI is InChI=1S/C56H86O6/c1-4-7-10-13-16-19-22-25-26-27-28-29-32-34-37-40-43-46-49-55(58)61-52-53(62-56(59)50-47-44-41-38-35-31-24-21-18-15-12-9-6-3)51-60-54(57)48-45-42-39-36-33-30-23-20-17-14-11-8-5-2/h8-9,11-12,14-29,31,35,53H,4-7,10,13,30,32-34,36-52H2,1-3H3/b11-8+,12-9+,17-14+,18-15+,19-16+,23-20+,24-21+,25-22+,27-26+,29-28+,35-31+. The number of hydrogen-bond acceptors (Lipinski definition) is 6. The van der Waals surface area contributed by atoms with Crippen LogP contribution in [0.5, 0.6) is 0 Å². The second-order valence-electron chi connectivity index (χ2n) is 15.5. The van der Waals surface area contributed by atoms with Crippen molar-refractivity contribution in [3.63, 3.8) is 0 Å². The first-order valence-electron chi connectivity index (χ1n) is 24.3. The predicted octanol–water partition coefficient (Wildman–Crippen LogP) is 15.9. The van der Waals surface area contributed by atoms with Crippen LogP contribution in [0, 0.1) is 0 Å². The van der Waals surface area contributed by atoms with Crippen LogP contribution in [-0.2, 0) is 28.6 Å². The molecule has 0 aliphatic carbocycles. The van der Waals surface area contributed by atoms with Crippen LogP contribution in [0.1, 0.15) is 181 Å². The molecule has 0 amide bonds. The third-order valence-electron chi connectivity index (χ3n) is 9.62. The molecule has 0 saturated carbocycles. The number of allylic oxidation sites excluding steroid dienone is 22. The molecule has 0 saturated heterocycles. The van der Waals surface area contributed by atoms with Gasteiger partial charge in [-0.2, -0.15) is 0 Å². The fourth-order valence-electron chi connectivity index (χ4n) is 5.99. The first-order valence-corrected chi connectivity index (χ1v) is 24.3. The summed E-state index contributed by atoms with van der Waals surface area (Å²) in [7, 11) is 0. The van der Waals surface area contributed by atoms with Gasteiger partial charge < -0.3 is 14.2 Å². The molecular weight excluding hydrogens is 769 g/mol. The summed E-state index contributed by atoms with van der Waals surface area (Å²) >= 11 is 0. The summed E-state index contributed by atoms with van der Waals surface area (Å²) in [6.45, 7) is 6.22. The van der Waals surface area contributed by atoms with Crippen molar-refractivity contribution < 1.29 is 28.6 Å². The van der Waals surface area contributed by atoms with Gasteiger partial charge in [-0.25, -0.2) is 0 Å². The van der Waals surface area contributed by atoms with E-state index in [4.69, 9.17) is 14.2 Å². The average Bonchev–Trinajstić information content (AvgIpc) is 3.27. The van der Waals surface area contributed by atoms with Crippen LogP contribution in [0.2, 0.25) is 0 Å². The summed E-state index contributed by atoms with van der Waals surface area (Å²) < 4.78 is 16.7. The van der Waals surface area contributed by atoms with Crippen molar-refractivity contribution in [1.29, 1.82) is 0 Å². The lowest BCUT2D eigenvalue weighted by Gasteiger charge is -2.18. The maximum Gasteiger partial charge on any atom is 0.306 e. The summed E-state index contributed by atoms with van der Waals surface area (Å²) in [6, 6.07) is 0. The summed E-state index contributed by atoms with van der Waals surface area (Å²) in [4.78, 5) is 37.9. The van der Waals surface area contributed by atoms with Gasteiger partial charge in [0.15, 0.2) is 6.10 Å². The minimum Gasteiger partial charge on any atom is -0.462 e. The minimum atomic E-state index is -0.821. The molecule has 0 N–H and O–H groups in total. The SMILES string of the molecule is CC/C=C/C=C/C=C/C=C/CCCCCC(=O)OC(COC(=O)CCCCCCC/C=C/C=C/C=C/C=C/CCCCC)COC(=O)CCCCCCC/C=C/C=C/C=C/CC. The van der Waals surface area contributed by atoms with Crippen LogP contribution in [-0.4, -0.2) is 37.2 Å². The van der Waals surface area contributed by atoms with Crippen molar-refractivity contribution >= 4 is 17.9 Å². The van der Waals surface area contributed by atoms with E-state index in [1.165, 1.54) is 19.3 Å². The zero-order valence-corrected chi connectivity index (χ0v) is 39.3. The van der Waals surface area contributed by atoms with E-state index < -0.39 is 6.10 Å². The molecule has 0 rings (SSSR count). The maximum atomic E-state index is 12.7. The summed E-state index contributed by atoms with van der Waals surface area (Å²) in [5.74, 6) is -1.01. The van der Waals surface area contributed by atoms with Crippen LogP contribution < -0.4 is 0 Å². The number of ether oxygens (including phenoxy) is 3. The largest absolute Gasteiger partial charge is 0.462 e. The van der Waals surface area contributed by atoms with Gasteiger partial charge in [0.2, 0.25) is 0 Å². The van der Waals surface area contributed by atoms with E-state index in [2.05, 4.69) is 112 Å². The van der Waals surface area contributed by atoms with Crippen molar-refractivity contribution in [3.05, 3.63) is 134 Å². The van der Waals surface area contributed by atoms with Gasteiger partial charge in [-0.15, -0.1) is 0 Å². The highest BCUT2D eigenvalue weighted by atomic mass is 16.6. The van der Waals surface area contributed by atoms with Crippen molar-refractivity contribution in [2.75, 3.05) is 13.2 Å². The highest BCUT2D eigenvalue weighted by molar-refractivity contribution is 5.71. The van der Waals surface area contributed by atoms with Gasteiger partial charge in [-0.1, -0.05) is 212 Å². The Hall–Kier alpha value is -4.45. The molecule has 1 unspecified atom stereocenters. The Labute approximate surface area is 379 Å². The number of esters is 3. The molecule has 0 heterocycles. The molecule has 0 bridgehead atoms. The van der Waals surface area contributed by atoms with E-state index >= 15 is 0 Å². The second kappa shape index (κ2) is 49.2. The van der Waals surface area contributed by atoms with E-state index in [1.807, 2.05) is 42.5 Å². The van der Waals surface area contributed by atoms with E-state index in [0.29, 0.717) is 19.3 Å².